The van der Waals surface area contributed by atoms with Crippen LogP contribution >= 0.6 is 0 Å². The van der Waals surface area contributed by atoms with Crippen LogP contribution in [0, 0.1) is 0 Å². The van der Waals surface area contributed by atoms with Gasteiger partial charge in [-0.25, -0.2) is 9.97 Å². The molecule has 5 nitrogen and oxygen atoms in total. The molecule has 0 saturated carbocycles. The van der Waals surface area contributed by atoms with E-state index >= 15 is 0 Å². The summed E-state index contributed by atoms with van der Waals surface area (Å²) in [7, 11) is 1.51. The maximum atomic E-state index is 12.8. The number of benzene rings is 1. The predicted molar refractivity (Wildman–Crippen MR) is 86.1 cm³/mol. The number of methoxy groups -OCH3 is 1. The average Bonchev–Trinajstić information content (AvgIpc) is 2.60. The smallest absolute Gasteiger partial charge is 0.383 e. The molecule has 3 rings (SSSR count). The summed E-state index contributed by atoms with van der Waals surface area (Å²) in [4.78, 5) is 21.2. The monoisotopic (exact) mass is 349 g/mol. The summed E-state index contributed by atoms with van der Waals surface area (Å²) < 4.78 is 44.6. The highest BCUT2D eigenvalue weighted by molar-refractivity contribution is 5.74. The number of nitrogens with zero attached hydrogens (tertiary/aromatic N) is 3. The van der Waals surface area contributed by atoms with Crippen molar-refractivity contribution in [3.05, 3.63) is 58.5 Å². The first kappa shape index (κ1) is 17.1. The SMILES string of the molecule is COCCn1c(=O)c(-c2ccc(C(F)(F)F)cc2)nc2cccnc21. The molecule has 0 radical (unpaired) electrons. The largest absolute Gasteiger partial charge is 0.416 e. The number of aromatic nitrogens is 3. The molecule has 1 aromatic carbocycles. The molecule has 0 atom stereocenters. The summed E-state index contributed by atoms with van der Waals surface area (Å²) >= 11 is 0. The molecule has 130 valence electrons. The van der Waals surface area contributed by atoms with Gasteiger partial charge in [-0.15, -0.1) is 0 Å². The number of pyridine rings is 1. The zero-order valence-corrected chi connectivity index (χ0v) is 13.2. The van der Waals surface area contributed by atoms with Gasteiger partial charge in [-0.1, -0.05) is 12.1 Å². The molecular formula is C17H14F3N3O2. The fourth-order valence-corrected chi connectivity index (χ4v) is 2.47. The van der Waals surface area contributed by atoms with Crippen molar-refractivity contribution in [2.75, 3.05) is 13.7 Å². The molecule has 0 spiro atoms. The van der Waals surface area contributed by atoms with E-state index in [-0.39, 0.29) is 12.2 Å². The van der Waals surface area contributed by atoms with E-state index < -0.39 is 17.3 Å². The lowest BCUT2D eigenvalue weighted by Gasteiger charge is -2.12. The second-order valence-corrected chi connectivity index (χ2v) is 5.33. The number of halogens is 3. The van der Waals surface area contributed by atoms with Crippen LogP contribution in [-0.4, -0.2) is 28.3 Å². The Morgan fingerprint density at radius 1 is 1.16 bits per heavy atom. The van der Waals surface area contributed by atoms with E-state index in [2.05, 4.69) is 9.97 Å². The third-order valence-corrected chi connectivity index (χ3v) is 3.71. The van der Waals surface area contributed by atoms with Gasteiger partial charge in [0.25, 0.3) is 5.56 Å². The van der Waals surface area contributed by atoms with Gasteiger partial charge in [-0.3, -0.25) is 9.36 Å². The quantitative estimate of drug-likeness (QED) is 0.726. The van der Waals surface area contributed by atoms with Gasteiger partial charge in [0.2, 0.25) is 0 Å². The summed E-state index contributed by atoms with van der Waals surface area (Å²) in [6, 6.07) is 7.73. The summed E-state index contributed by atoms with van der Waals surface area (Å²) in [5.41, 5.74) is 0.0648. The molecule has 0 unspecified atom stereocenters. The van der Waals surface area contributed by atoms with Crippen LogP contribution in [0.1, 0.15) is 5.56 Å². The molecule has 0 fully saturated rings. The summed E-state index contributed by atoms with van der Waals surface area (Å²) in [6.07, 6.45) is -2.89. The standard InChI is InChI=1S/C17H14F3N3O2/c1-25-10-9-23-15-13(3-2-8-21-15)22-14(16(23)24)11-4-6-12(7-5-11)17(18,19)20/h2-8H,9-10H2,1H3. The number of hydrogen-bond acceptors (Lipinski definition) is 4. The maximum absolute atomic E-state index is 12.8. The van der Waals surface area contributed by atoms with Crippen molar-refractivity contribution in [2.24, 2.45) is 0 Å². The van der Waals surface area contributed by atoms with E-state index in [0.717, 1.165) is 12.1 Å². The Bertz CT molecular complexity index is 950. The van der Waals surface area contributed by atoms with E-state index in [4.69, 9.17) is 4.74 Å². The Balaban J connectivity index is 2.16. The summed E-state index contributed by atoms with van der Waals surface area (Å²) in [6.45, 7) is 0.557. The molecule has 0 amide bonds. The van der Waals surface area contributed by atoms with E-state index in [1.165, 1.54) is 23.8 Å². The van der Waals surface area contributed by atoms with Crippen LogP contribution in [0.5, 0.6) is 0 Å². The molecule has 0 saturated heterocycles. The molecule has 0 bridgehead atoms. The second kappa shape index (κ2) is 6.64. The molecule has 0 aliphatic carbocycles. The van der Waals surface area contributed by atoms with Crippen LogP contribution < -0.4 is 5.56 Å². The average molecular weight is 349 g/mol. The summed E-state index contributed by atoms with van der Waals surface area (Å²) in [5.74, 6) is 0. The highest BCUT2D eigenvalue weighted by Gasteiger charge is 2.30. The van der Waals surface area contributed by atoms with E-state index in [1.807, 2.05) is 0 Å². The normalized spacial score (nSPS) is 11.8. The van der Waals surface area contributed by atoms with Crippen molar-refractivity contribution >= 4 is 11.2 Å². The maximum Gasteiger partial charge on any atom is 0.416 e. The van der Waals surface area contributed by atoms with Gasteiger partial charge < -0.3 is 4.74 Å². The first-order chi connectivity index (χ1) is 11.9. The predicted octanol–water partition coefficient (Wildman–Crippen LogP) is 3.12. The van der Waals surface area contributed by atoms with E-state index in [1.54, 1.807) is 18.3 Å². The third-order valence-electron chi connectivity index (χ3n) is 3.71. The van der Waals surface area contributed by atoms with Crippen molar-refractivity contribution in [1.29, 1.82) is 0 Å². The number of alkyl halides is 3. The molecule has 0 N–H and O–H groups in total. The number of ether oxygens (including phenoxy) is 1. The van der Waals surface area contributed by atoms with E-state index in [0.29, 0.717) is 23.3 Å². The van der Waals surface area contributed by atoms with E-state index in [9.17, 15) is 18.0 Å². The lowest BCUT2D eigenvalue weighted by Crippen LogP contribution is -2.26. The number of hydrogen-bond donors (Lipinski definition) is 0. The highest BCUT2D eigenvalue weighted by atomic mass is 19.4. The molecule has 2 aromatic heterocycles. The van der Waals surface area contributed by atoms with Crippen LogP contribution in [0.2, 0.25) is 0 Å². The van der Waals surface area contributed by atoms with Gasteiger partial charge in [-0.05, 0) is 24.3 Å². The lowest BCUT2D eigenvalue weighted by molar-refractivity contribution is -0.137. The fourth-order valence-electron chi connectivity index (χ4n) is 2.47. The van der Waals surface area contributed by atoms with Crippen molar-refractivity contribution in [2.45, 2.75) is 12.7 Å². The van der Waals surface area contributed by atoms with Crippen molar-refractivity contribution < 1.29 is 17.9 Å². The molecule has 2 heterocycles. The third kappa shape index (κ3) is 3.39. The van der Waals surface area contributed by atoms with Crippen LogP contribution in [-0.2, 0) is 17.5 Å². The van der Waals surface area contributed by atoms with Crippen LogP contribution in [0.4, 0.5) is 13.2 Å². The van der Waals surface area contributed by atoms with Gasteiger partial charge in [-0.2, -0.15) is 13.2 Å². The van der Waals surface area contributed by atoms with Crippen molar-refractivity contribution in [3.8, 4) is 11.3 Å². The Morgan fingerprint density at radius 2 is 1.88 bits per heavy atom. The Hall–Kier alpha value is -2.74. The van der Waals surface area contributed by atoms with Gasteiger partial charge in [0.05, 0.1) is 18.7 Å². The Morgan fingerprint density at radius 3 is 2.52 bits per heavy atom. The second-order valence-electron chi connectivity index (χ2n) is 5.33. The first-order valence-corrected chi connectivity index (χ1v) is 7.44. The number of fused-ring (bicyclic) bond motifs is 1. The molecule has 0 aliphatic heterocycles. The van der Waals surface area contributed by atoms with Crippen LogP contribution in [0.25, 0.3) is 22.4 Å². The van der Waals surface area contributed by atoms with Crippen molar-refractivity contribution in [1.82, 2.24) is 14.5 Å². The zero-order valence-electron chi connectivity index (χ0n) is 13.2. The van der Waals surface area contributed by atoms with Crippen LogP contribution in [0.3, 0.4) is 0 Å². The van der Waals surface area contributed by atoms with Gasteiger partial charge >= 0.3 is 6.18 Å². The zero-order chi connectivity index (χ0) is 18.0. The molecule has 25 heavy (non-hydrogen) atoms. The number of rotatable bonds is 4. The first-order valence-electron chi connectivity index (χ1n) is 7.44. The summed E-state index contributed by atoms with van der Waals surface area (Å²) in [5, 5.41) is 0. The minimum atomic E-state index is -4.43. The molecule has 3 aromatic rings. The van der Waals surface area contributed by atoms with Crippen LogP contribution in [0.15, 0.2) is 47.4 Å². The van der Waals surface area contributed by atoms with Crippen molar-refractivity contribution in [3.63, 3.8) is 0 Å². The van der Waals surface area contributed by atoms with Gasteiger partial charge in [0.1, 0.15) is 11.2 Å². The molecular weight excluding hydrogens is 335 g/mol. The van der Waals surface area contributed by atoms with Gasteiger partial charge in [0.15, 0.2) is 5.65 Å². The topological polar surface area (TPSA) is 57.0 Å². The Labute approximate surface area is 140 Å². The minimum Gasteiger partial charge on any atom is -0.383 e. The lowest BCUT2D eigenvalue weighted by atomic mass is 10.1. The fraction of sp³-hybridized carbons (Fsp3) is 0.235. The van der Waals surface area contributed by atoms with Gasteiger partial charge in [0, 0.05) is 18.9 Å². The molecule has 8 heteroatoms. The molecule has 0 aliphatic rings. The minimum absolute atomic E-state index is 0.0744. The Kier molecular flexibility index (Phi) is 4.54. The highest BCUT2D eigenvalue weighted by Crippen LogP contribution is 2.30.